The highest BCUT2D eigenvalue weighted by molar-refractivity contribution is 8.22. The average Bonchev–Trinajstić information content (AvgIpc) is 2.54. The molecule has 0 saturated carbocycles. The lowest BCUT2D eigenvalue weighted by atomic mass is 10.4. The molecule has 130 valence electrons. The molecule has 0 aromatic heterocycles. The first kappa shape index (κ1) is 20.9. The molecule has 0 aliphatic rings. The Bertz CT molecular complexity index is 543. The predicted molar refractivity (Wildman–Crippen MR) is 93.7 cm³/mol. The first-order valence-corrected chi connectivity index (χ1v) is 12.2. The fraction of sp³-hybridized carbons (Fsp3) is 0.571. The van der Waals surface area contributed by atoms with Crippen LogP contribution in [0.4, 0.5) is 0 Å². The Labute approximate surface area is 139 Å². The van der Waals surface area contributed by atoms with E-state index in [2.05, 4.69) is 0 Å². The zero-order valence-corrected chi connectivity index (χ0v) is 16.5. The molecule has 0 spiro atoms. The van der Waals surface area contributed by atoms with Crippen LogP contribution in [0.25, 0.3) is 0 Å². The monoisotopic (exact) mass is 381 g/mol. The van der Waals surface area contributed by atoms with Crippen molar-refractivity contribution in [2.24, 2.45) is 0 Å². The molecular formula is C14H24O6P3+. The van der Waals surface area contributed by atoms with Crippen molar-refractivity contribution >= 4 is 28.2 Å². The van der Waals surface area contributed by atoms with Crippen molar-refractivity contribution in [1.82, 2.24) is 0 Å². The Morgan fingerprint density at radius 2 is 1.65 bits per heavy atom. The van der Waals surface area contributed by atoms with Gasteiger partial charge in [-0.05, 0) is 32.9 Å². The van der Waals surface area contributed by atoms with Gasteiger partial charge in [0.15, 0.2) is 0 Å². The van der Waals surface area contributed by atoms with Crippen molar-refractivity contribution in [2.75, 3.05) is 19.8 Å². The molecule has 0 fully saturated rings. The summed E-state index contributed by atoms with van der Waals surface area (Å²) in [6, 6.07) is 8.34. The normalized spacial score (nSPS) is 17.6. The Morgan fingerprint density at radius 3 is 2.09 bits per heavy atom. The van der Waals surface area contributed by atoms with E-state index in [-0.39, 0.29) is 19.8 Å². The summed E-state index contributed by atoms with van der Waals surface area (Å²) < 4.78 is 42.5. The van der Waals surface area contributed by atoms with Crippen molar-refractivity contribution < 1.29 is 27.8 Å². The molecule has 0 aliphatic heterocycles. The van der Waals surface area contributed by atoms with Gasteiger partial charge in [-0.2, -0.15) is 0 Å². The summed E-state index contributed by atoms with van der Waals surface area (Å²) in [5.41, 5.74) is 0. The van der Waals surface area contributed by atoms with Gasteiger partial charge in [0.1, 0.15) is 0 Å². The van der Waals surface area contributed by atoms with Gasteiger partial charge < -0.3 is 9.63 Å². The molecule has 23 heavy (non-hydrogen) atoms. The largest absolute Gasteiger partial charge is 0.462 e. The van der Waals surface area contributed by atoms with Crippen LogP contribution < -0.4 is 5.30 Å². The maximum Gasteiger partial charge on any atom is 0.462 e. The van der Waals surface area contributed by atoms with E-state index in [1.54, 1.807) is 51.1 Å². The van der Waals surface area contributed by atoms with Crippen LogP contribution in [0.1, 0.15) is 27.7 Å². The van der Waals surface area contributed by atoms with Gasteiger partial charge in [0.25, 0.3) is 0 Å². The highest BCUT2D eigenvalue weighted by atomic mass is 32.1. The van der Waals surface area contributed by atoms with Gasteiger partial charge in [0.05, 0.1) is 19.8 Å². The molecule has 0 amide bonds. The number of hydrogen-bond acceptors (Lipinski definition) is 6. The van der Waals surface area contributed by atoms with E-state index >= 15 is 0 Å². The van der Waals surface area contributed by atoms with E-state index in [1.807, 2.05) is 0 Å². The summed E-state index contributed by atoms with van der Waals surface area (Å²) in [5, 5.41) is 9.12. The first-order valence-electron chi connectivity index (χ1n) is 7.41. The predicted octanol–water partition coefficient (Wildman–Crippen LogP) is 4.42. The second-order valence-corrected chi connectivity index (χ2v) is 12.2. The molecule has 0 heterocycles. The van der Waals surface area contributed by atoms with Crippen LogP contribution >= 0.6 is 22.9 Å². The third kappa shape index (κ3) is 4.67. The maximum absolute atomic E-state index is 13.4. The summed E-state index contributed by atoms with van der Waals surface area (Å²) in [4.78, 5) is 0. The van der Waals surface area contributed by atoms with Gasteiger partial charge in [0.2, 0.25) is 0 Å². The number of benzene rings is 1. The molecule has 9 heteroatoms. The molecule has 0 saturated heterocycles. The summed E-state index contributed by atoms with van der Waals surface area (Å²) in [5.74, 6) is 0. The lowest BCUT2D eigenvalue weighted by Crippen LogP contribution is -2.27. The maximum atomic E-state index is 13.4. The third-order valence-electron chi connectivity index (χ3n) is 2.95. The first-order chi connectivity index (χ1) is 10.8. The Morgan fingerprint density at radius 1 is 1.13 bits per heavy atom. The van der Waals surface area contributed by atoms with E-state index in [9.17, 15) is 14.2 Å². The van der Waals surface area contributed by atoms with Crippen LogP contribution in [-0.4, -0.2) is 30.0 Å². The zero-order valence-electron chi connectivity index (χ0n) is 13.8. The Balaban J connectivity index is 3.28. The van der Waals surface area contributed by atoms with Gasteiger partial charge in [-0.25, -0.2) is 0 Å². The standard InChI is InChI=1S/C14H24O6P3/c1-5-18-22(19-6-2)21(16)14(4,15)23(17,20-7-3)13-11-9-8-10-12-13/h8-12,15H,5-7H2,1-4H3/q+1. The second-order valence-electron chi connectivity index (χ2n) is 4.62. The van der Waals surface area contributed by atoms with Crippen molar-refractivity contribution in [2.45, 2.75) is 32.8 Å². The lowest BCUT2D eigenvalue weighted by Gasteiger charge is -2.25. The molecular weight excluding hydrogens is 357 g/mol. The molecule has 3 unspecified atom stereocenters. The fourth-order valence-electron chi connectivity index (χ4n) is 1.88. The Kier molecular flexibility index (Phi) is 8.47. The molecule has 1 aromatic carbocycles. The number of rotatable bonds is 10. The van der Waals surface area contributed by atoms with Crippen LogP contribution in [-0.2, 0) is 22.7 Å². The summed E-state index contributed by atoms with van der Waals surface area (Å²) in [6.07, 6.45) is 0. The summed E-state index contributed by atoms with van der Waals surface area (Å²) in [7, 11) is -8.16. The van der Waals surface area contributed by atoms with E-state index in [0.717, 1.165) is 0 Å². The van der Waals surface area contributed by atoms with Crippen LogP contribution in [0.5, 0.6) is 0 Å². The lowest BCUT2D eigenvalue weighted by molar-refractivity contribution is 0.193. The van der Waals surface area contributed by atoms with Crippen molar-refractivity contribution in [1.29, 1.82) is 0 Å². The van der Waals surface area contributed by atoms with Gasteiger partial charge in [-0.15, -0.1) is 0 Å². The molecule has 0 bridgehead atoms. The summed E-state index contributed by atoms with van der Waals surface area (Å²) in [6.45, 7) is 7.11. The minimum atomic E-state index is -3.80. The SMILES string of the molecule is CCOP(OCC)[P+](=O)C(C)(O)P(=O)(OCC)c1ccccc1. The Hall–Kier alpha value is -0.180. The van der Waals surface area contributed by atoms with Gasteiger partial charge in [0, 0.05) is 12.2 Å². The van der Waals surface area contributed by atoms with Crippen LogP contribution in [0, 0.1) is 0 Å². The zero-order chi connectivity index (χ0) is 17.5. The summed E-state index contributed by atoms with van der Waals surface area (Å²) >= 11 is 0. The molecule has 1 aromatic rings. The quantitative estimate of drug-likeness (QED) is 0.604. The molecule has 3 atom stereocenters. The van der Waals surface area contributed by atoms with E-state index in [4.69, 9.17) is 13.6 Å². The fourth-order valence-corrected chi connectivity index (χ4v) is 10.1. The minimum absolute atomic E-state index is 0.118. The topological polar surface area (TPSA) is 82.1 Å². The highest BCUT2D eigenvalue weighted by Gasteiger charge is 2.65. The van der Waals surface area contributed by atoms with Crippen LogP contribution in [0.2, 0.25) is 0 Å². The van der Waals surface area contributed by atoms with Crippen LogP contribution in [0.3, 0.4) is 0 Å². The average molecular weight is 381 g/mol. The molecule has 0 radical (unpaired) electrons. The molecule has 6 nitrogen and oxygen atoms in total. The molecule has 0 aliphatic carbocycles. The van der Waals surface area contributed by atoms with E-state index in [1.165, 1.54) is 6.92 Å². The molecule has 1 N–H and O–H groups in total. The van der Waals surface area contributed by atoms with E-state index < -0.39 is 28.0 Å². The van der Waals surface area contributed by atoms with Crippen molar-refractivity contribution in [3.8, 4) is 0 Å². The van der Waals surface area contributed by atoms with Crippen molar-refractivity contribution in [3.63, 3.8) is 0 Å². The van der Waals surface area contributed by atoms with Gasteiger partial charge in [-0.3, -0.25) is 13.6 Å². The number of hydrogen-bond donors (Lipinski definition) is 1. The van der Waals surface area contributed by atoms with Crippen molar-refractivity contribution in [3.05, 3.63) is 30.3 Å². The molecule has 1 rings (SSSR count). The van der Waals surface area contributed by atoms with Crippen LogP contribution in [0.15, 0.2) is 30.3 Å². The second kappa shape index (κ2) is 9.34. The third-order valence-corrected chi connectivity index (χ3v) is 12.2. The highest BCUT2D eigenvalue weighted by Crippen LogP contribution is 2.78. The van der Waals surface area contributed by atoms with E-state index in [0.29, 0.717) is 5.30 Å². The smallest absolute Gasteiger partial charge is 0.341 e. The number of aliphatic hydroxyl groups is 1. The van der Waals surface area contributed by atoms with Gasteiger partial charge in [-0.1, -0.05) is 22.8 Å². The minimum Gasteiger partial charge on any atom is -0.341 e. The van der Waals surface area contributed by atoms with Gasteiger partial charge >= 0.3 is 28.0 Å².